The number of piperidine rings is 1. The van der Waals surface area contributed by atoms with Crippen molar-refractivity contribution in [2.75, 3.05) is 18.0 Å². The lowest BCUT2D eigenvalue weighted by Crippen LogP contribution is -2.37. The molecule has 0 radical (unpaired) electrons. The molecule has 0 spiro atoms. The largest absolute Gasteiger partial charge is 0.370 e. The van der Waals surface area contributed by atoms with E-state index in [0.717, 1.165) is 25.9 Å². The zero-order chi connectivity index (χ0) is 14.8. The number of aromatic nitrogens is 2. The molecule has 1 aliphatic heterocycles. The second kappa shape index (κ2) is 5.55. The molecule has 0 bridgehead atoms. The molecule has 110 valence electrons. The van der Waals surface area contributed by atoms with Crippen LogP contribution in [0.5, 0.6) is 0 Å². The van der Waals surface area contributed by atoms with Crippen LogP contribution < -0.4 is 16.2 Å². The van der Waals surface area contributed by atoms with E-state index in [2.05, 4.69) is 14.9 Å². The minimum Gasteiger partial charge on any atom is -0.370 e. The lowest BCUT2D eigenvalue weighted by Gasteiger charge is -2.31. The first-order chi connectivity index (χ1) is 10.1. The van der Waals surface area contributed by atoms with Gasteiger partial charge < -0.3 is 10.6 Å². The first-order valence-corrected chi connectivity index (χ1v) is 7.16. The van der Waals surface area contributed by atoms with Crippen LogP contribution in [0.1, 0.15) is 19.3 Å². The van der Waals surface area contributed by atoms with E-state index in [0.29, 0.717) is 29.2 Å². The van der Waals surface area contributed by atoms with Crippen LogP contribution in [0.2, 0.25) is 0 Å². The molecule has 0 atom stereocenters. The highest BCUT2D eigenvalue weighted by atomic mass is 16.1. The number of nitrogens with zero attached hydrogens (tertiary/aromatic N) is 2. The van der Waals surface area contributed by atoms with E-state index in [-0.39, 0.29) is 11.5 Å². The fourth-order valence-electron chi connectivity index (χ4n) is 2.86. The first-order valence-electron chi connectivity index (χ1n) is 7.16. The van der Waals surface area contributed by atoms with Crippen molar-refractivity contribution in [1.29, 1.82) is 0 Å². The SMILES string of the molecule is NC(=O)CC1CCN(c2nc3ccccc3c(=O)[nH]2)CC1. The highest BCUT2D eigenvalue weighted by Crippen LogP contribution is 2.23. The monoisotopic (exact) mass is 286 g/mol. The average molecular weight is 286 g/mol. The molecule has 1 saturated heterocycles. The average Bonchev–Trinajstić information content (AvgIpc) is 2.47. The third-order valence-corrected chi connectivity index (χ3v) is 4.00. The predicted molar refractivity (Wildman–Crippen MR) is 81.1 cm³/mol. The van der Waals surface area contributed by atoms with Crippen LogP contribution in [0.25, 0.3) is 10.9 Å². The maximum absolute atomic E-state index is 12.1. The third kappa shape index (κ3) is 2.89. The Balaban J connectivity index is 1.79. The van der Waals surface area contributed by atoms with Crippen molar-refractivity contribution in [2.24, 2.45) is 11.7 Å². The fraction of sp³-hybridized carbons (Fsp3) is 0.400. The van der Waals surface area contributed by atoms with Gasteiger partial charge in [-0.2, -0.15) is 0 Å². The minimum absolute atomic E-state index is 0.116. The fourth-order valence-corrected chi connectivity index (χ4v) is 2.86. The number of amides is 1. The molecule has 6 heteroatoms. The van der Waals surface area contributed by atoms with E-state index in [4.69, 9.17) is 5.73 Å². The summed E-state index contributed by atoms with van der Waals surface area (Å²) in [6.45, 7) is 1.55. The molecule has 0 unspecified atom stereocenters. The van der Waals surface area contributed by atoms with Gasteiger partial charge in [-0.3, -0.25) is 14.6 Å². The summed E-state index contributed by atoms with van der Waals surface area (Å²) in [6, 6.07) is 7.31. The van der Waals surface area contributed by atoms with E-state index in [1.807, 2.05) is 18.2 Å². The van der Waals surface area contributed by atoms with E-state index in [1.54, 1.807) is 6.07 Å². The number of aromatic amines is 1. The summed E-state index contributed by atoms with van der Waals surface area (Å²) in [6.07, 6.45) is 2.22. The van der Waals surface area contributed by atoms with Crippen molar-refractivity contribution >= 4 is 22.8 Å². The molecular formula is C15H18N4O2. The summed E-state index contributed by atoms with van der Waals surface area (Å²) >= 11 is 0. The van der Waals surface area contributed by atoms with Gasteiger partial charge in [0.25, 0.3) is 5.56 Å². The molecule has 1 aromatic carbocycles. The van der Waals surface area contributed by atoms with Crippen molar-refractivity contribution in [3.8, 4) is 0 Å². The Morgan fingerprint density at radius 1 is 1.33 bits per heavy atom. The van der Waals surface area contributed by atoms with Crippen molar-refractivity contribution in [1.82, 2.24) is 9.97 Å². The van der Waals surface area contributed by atoms with Gasteiger partial charge in [0.05, 0.1) is 10.9 Å². The Hall–Kier alpha value is -2.37. The van der Waals surface area contributed by atoms with Crippen molar-refractivity contribution < 1.29 is 4.79 Å². The number of benzene rings is 1. The van der Waals surface area contributed by atoms with Gasteiger partial charge in [-0.05, 0) is 30.9 Å². The molecular weight excluding hydrogens is 268 g/mol. The smallest absolute Gasteiger partial charge is 0.260 e. The highest BCUT2D eigenvalue weighted by molar-refractivity contribution is 5.78. The van der Waals surface area contributed by atoms with Crippen molar-refractivity contribution in [3.05, 3.63) is 34.6 Å². The first kappa shape index (κ1) is 13.6. The number of nitrogens with two attached hydrogens (primary N) is 1. The zero-order valence-electron chi connectivity index (χ0n) is 11.7. The number of hydrogen-bond acceptors (Lipinski definition) is 4. The molecule has 6 nitrogen and oxygen atoms in total. The minimum atomic E-state index is -0.245. The molecule has 3 rings (SSSR count). The highest BCUT2D eigenvalue weighted by Gasteiger charge is 2.22. The van der Waals surface area contributed by atoms with Gasteiger partial charge >= 0.3 is 0 Å². The van der Waals surface area contributed by atoms with Crippen LogP contribution in [-0.4, -0.2) is 29.0 Å². The summed E-state index contributed by atoms with van der Waals surface area (Å²) < 4.78 is 0. The maximum Gasteiger partial charge on any atom is 0.260 e. The van der Waals surface area contributed by atoms with E-state index in [1.165, 1.54) is 0 Å². The molecule has 1 aromatic heterocycles. The zero-order valence-corrected chi connectivity index (χ0v) is 11.7. The summed E-state index contributed by atoms with van der Waals surface area (Å²) in [5, 5.41) is 0.602. The number of primary amides is 1. The van der Waals surface area contributed by atoms with Crippen LogP contribution in [0.4, 0.5) is 5.95 Å². The molecule has 1 fully saturated rings. The third-order valence-electron chi connectivity index (χ3n) is 4.00. The number of carbonyl (C=O) groups is 1. The lowest BCUT2D eigenvalue weighted by atomic mass is 9.93. The van der Waals surface area contributed by atoms with E-state index < -0.39 is 0 Å². The maximum atomic E-state index is 12.1. The van der Waals surface area contributed by atoms with Crippen molar-refractivity contribution in [2.45, 2.75) is 19.3 Å². The Morgan fingerprint density at radius 2 is 2.05 bits per heavy atom. The Kier molecular flexibility index (Phi) is 3.60. The summed E-state index contributed by atoms with van der Waals surface area (Å²) in [4.78, 5) is 32.5. The van der Waals surface area contributed by atoms with Gasteiger partial charge in [0.2, 0.25) is 11.9 Å². The Morgan fingerprint density at radius 3 is 2.76 bits per heavy atom. The van der Waals surface area contributed by atoms with Crippen LogP contribution >= 0.6 is 0 Å². The molecule has 1 amide bonds. The van der Waals surface area contributed by atoms with Gasteiger partial charge in [0, 0.05) is 19.5 Å². The standard InChI is InChI=1S/C15H18N4O2/c16-13(20)9-10-5-7-19(8-6-10)15-17-12-4-2-1-3-11(12)14(21)18-15/h1-4,10H,5-9H2,(H2,16,20)(H,17,18,21). The number of carbonyl (C=O) groups excluding carboxylic acids is 1. The van der Waals surface area contributed by atoms with Crippen LogP contribution in [0.3, 0.4) is 0 Å². The molecule has 2 heterocycles. The van der Waals surface area contributed by atoms with Gasteiger partial charge in [-0.15, -0.1) is 0 Å². The molecule has 21 heavy (non-hydrogen) atoms. The molecule has 0 aliphatic carbocycles. The van der Waals surface area contributed by atoms with Gasteiger partial charge in [-0.25, -0.2) is 4.98 Å². The second-order valence-electron chi connectivity index (χ2n) is 5.51. The Bertz CT molecular complexity index is 717. The van der Waals surface area contributed by atoms with Crippen molar-refractivity contribution in [3.63, 3.8) is 0 Å². The number of nitrogens with one attached hydrogen (secondary N) is 1. The van der Waals surface area contributed by atoms with Gasteiger partial charge in [-0.1, -0.05) is 12.1 Å². The van der Waals surface area contributed by atoms with Gasteiger partial charge in [0.15, 0.2) is 0 Å². The molecule has 3 N–H and O–H groups in total. The number of rotatable bonds is 3. The van der Waals surface area contributed by atoms with Crippen LogP contribution in [0, 0.1) is 5.92 Å². The molecule has 1 aliphatic rings. The number of fused-ring (bicyclic) bond motifs is 1. The van der Waals surface area contributed by atoms with Gasteiger partial charge in [0.1, 0.15) is 0 Å². The summed E-state index contributed by atoms with van der Waals surface area (Å²) in [5.41, 5.74) is 5.83. The Labute approximate surface area is 122 Å². The molecule has 2 aromatic rings. The number of hydrogen-bond donors (Lipinski definition) is 2. The van der Waals surface area contributed by atoms with Crippen LogP contribution in [0.15, 0.2) is 29.1 Å². The predicted octanol–water partition coefficient (Wildman–Crippen LogP) is 1.01. The quantitative estimate of drug-likeness (QED) is 0.881. The lowest BCUT2D eigenvalue weighted by molar-refractivity contribution is -0.119. The second-order valence-corrected chi connectivity index (χ2v) is 5.51. The topological polar surface area (TPSA) is 92.1 Å². The normalized spacial score (nSPS) is 16.3. The van der Waals surface area contributed by atoms with Crippen LogP contribution in [-0.2, 0) is 4.79 Å². The number of H-pyrrole nitrogens is 1. The van der Waals surface area contributed by atoms with E-state index >= 15 is 0 Å². The van der Waals surface area contributed by atoms with E-state index in [9.17, 15) is 9.59 Å². The number of para-hydroxylation sites is 1. The summed E-state index contributed by atoms with van der Waals surface area (Å²) in [5.74, 6) is 0.702. The number of anilines is 1. The summed E-state index contributed by atoms with van der Waals surface area (Å²) in [7, 11) is 0. The molecule has 0 saturated carbocycles.